The molecule has 0 aromatic heterocycles. The molecule has 0 radical (unpaired) electrons. The summed E-state index contributed by atoms with van der Waals surface area (Å²) in [7, 11) is 1.52. The van der Waals surface area contributed by atoms with E-state index >= 15 is 4.39 Å². The van der Waals surface area contributed by atoms with Crippen molar-refractivity contribution in [3.05, 3.63) is 82.9 Å². The first kappa shape index (κ1) is 29.6. The zero-order valence-corrected chi connectivity index (χ0v) is 23.9. The largest absolute Gasteiger partial charge is 0.497 e. The number of aliphatic carboxylic acids is 1. The molecule has 1 aliphatic rings. The molecular formula is C34H40F2O4. The molecular weight excluding hydrogens is 510 g/mol. The van der Waals surface area contributed by atoms with Gasteiger partial charge in [0.05, 0.1) is 13.5 Å². The Morgan fingerprint density at radius 2 is 1.77 bits per heavy atom. The number of hydrogen-bond donors (Lipinski definition) is 1. The molecule has 1 atom stereocenters. The molecule has 0 amide bonds. The molecule has 1 aliphatic carbocycles. The van der Waals surface area contributed by atoms with Crippen LogP contribution in [0.5, 0.6) is 11.5 Å². The van der Waals surface area contributed by atoms with E-state index in [1.54, 1.807) is 18.2 Å². The third kappa shape index (κ3) is 7.83. The van der Waals surface area contributed by atoms with Crippen LogP contribution in [0.15, 0.2) is 54.6 Å². The number of carbonyl (C=O) groups is 1. The van der Waals surface area contributed by atoms with Gasteiger partial charge in [-0.15, -0.1) is 0 Å². The average molecular weight is 551 g/mol. The Labute approximate surface area is 236 Å². The lowest BCUT2D eigenvalue weighted by atomic mass is 9.79. The standard InChI is InChI=1S/C34H40F2O4/c1-5-13-34(2,3)20-25-15-26(32(36)19-29(25)30-18-27(39-4)11-12-31(30)35)21-40-28-8-6-7-23(16-28)24(17-33(37)38)14-22-9-10-22/h6-8,11-12,15-16,18-19,22,24H,5,9-10,13-14,17,20-21H2,1-4H3,(H,37,38). The summed E-state index contributed by atoms with van der Waals surface area (Å²) in [5.41, 5.74) is 2.92. The number of halogens is 2. The molecule has 0 saturated heterocycles. The van der Waals surface area contributed by atoms with Gasteiger partial charge < -0.3 is 14.6 Å². The second-order valence-electron chi connectivity index (χ2n) is 11.9. The van der Waals surface area contributed by atoms with Crippen LogP contribution in [0.25, 0.3) is 11.1 Å². The first-order valence-corrected chi connectivity index (χ1v) is 14.2. The van der Waals surface area contributed by atoms with Crippen LogP contribution >= 0.6 is 0 Å². The fourth-order valence-corrected chi connectivity index (χ4v) is 5.62. The van der Waals surface area contributed by atoms with Gasteiger partial charge in [0.15, 0.2) is 0 Å². The van der Waals surface area contributed by atoms with E-state index in [0.717, 1.165) is 43.2 Å². The minimum Gasteiger partial charge on any atom is -0.497 e. The van der Waals surface area contributed by atoms with Crippen molar-refractivity contribution in [3.63, 3.8) is 0 Å². The van der Waals surface area contributed by atoms with E-state index in [0.29, 0.717) is 40.5 Å². The van der Waals surface area contributed by atoms with Crippen molar-refractivity contribution < 1.29 is 28.2 Å². The molecule has 3 aromatic carbocycles. The van der Waals surface area contributed by atoms with Crippen molar-refractivity contribution in [3.8, 4) is 22.6 Å². The molecule has 0 heterocycles. The maximum Gasteiger partial charge on any atom is 0.303 e. The molecule has 0 aliphatic heterocycles. The van der Waals surface area contributed by atoms with Crippen LogP contribution in [0.1, 0.15) is 81.9 Å². The van der Waals surface area contributed by atoms with Crippen molar-refractivity contribution in [2.24, 2.45) is 11.3 Å². The van der Waals surface area contributed by atoms with Crippen LogP contribution in [-0.2, 0) is 17.8 Å². The predicted octanol–water partition coefficient (Wildman–Crippen LogP) is 8.95. The summed E-state index contributed by atoms with van der Waals surface area (Å²) >= 11 is 0. The minimum atomic E-state index is -0.815. The smallest absolute Gasteiger partial charge is 0.303 e. The van der Waals surface area contributed by atoms with Crippen LogP contribution in [0, 0.1) is 23.0 Å². The lowest BCUT2D eigenvalue weighted by molar-refractivity contribution is -0.137. The summed E-state index contributed by atoms with van der Waals surface area (Å²) in [4.78, 5) is 11.5. The summed E-state index contributed by atoms with van der Waals surface area (Å²) in [5.74, 6) is -0.128. The lowest BCUT2D eigenvalue weighted by Gasteiger charge is -2.26. The zero-order valence-electron chi connectivity index (χ0n) is 23.9. The van der Waals surface area contributed by atoms with Crippen LogP contribution < -0.4 is 9.47 Å². The number of carboxylic acids is 1. The molecule has 0 bridgehead atoms. The SMILES string of the molecule is CCCC(C)(C)Cc1cc(COc2cccc(C(CC(=O)O)CC3CC3)c2)c(F)cc1-c1cc(OC)ccc1F. The van der Waals surface area contributed by atoms with E-state index in [2.05, 4.69) is 20.8 Å². The molecule has 1 fully saturated rings. The van der Waals surface area contributed by atoms with E-state index in [9.17, 15) is 14.3 Å². The van der Waals surface area contributed by atoms with Crippen molar-refractivity contribution in [1.82, 2.24) is 0 Å². The van der Waals surface area contributed by atoms with Gasteiger partial charge in [0.2, 0.25) is 0 Å². The first-order chi connectivity index (χ1) is 19.1. The highest BCUT2D eigenvalue weighted by molar-refractivity contribution is 5.70. The maximum absolute atomic E-state index is 15.5. The molecule has 4 rings (SSSR count). The molecule has 4 nitrogen and oxygen atoms in total. The van der Waals surface area contributed by atoms with Gasteiger partial charge in [-0.25, -0.2) is 8.78 Å². The van der Waals surface area contributed by atoms with E-state index in [4.69, 9.17) is 9.47 Å². The Bertz CT molecular complexity index is 1330. The van der Waals surface area contributed by atoms with E-state index in [-0.39, 0.29) is 24.4 Å². The van der Waals surface area contributed by atoms with Gasteiger partial charge in [0.1, 0.15) is 29.7 Å². The molecule has 214 valence electrons. The highest BCUT2D eigenvalue weighted by Crippen LogP contribution is 2.41. The first-order valence-electron chi connectivity index (χ1n) is 14.2. The Balaban J connectivity index is 1.63. The molecule has 0 spiro atoms. The number of ether oxygens (including phenoxy) is 2. The lowest BCUT2D eigenvalue weighted by Crippen LogP contribution is -2.16. The molecule has 1 unspecified atom stereocenters. The van der Waals surface area contributed by atoms with Crippen LogP contribution in [0.4, 0.5) is 8.78 Å². The molecule has 1 N–H and O–H groups in total. The van der Waals surface area contributed by atoms with Gasteiger partial charge >= 0.3 is 5.97 Å². The fourth-order valence-electron chi connectivity index (χ4n) is 5.62. The second-order valence-corrected chi connectivity index (χ2v) is 11.9. The average Bonchev–Trinajstić information content (AvgIpc) is 3.72. The van der Waals surface area contributed by atoms with Gasteiger partial charge in [-0.3, -0.25) is 4.79 Å². The molecule has 3 aromatic rings. The summed E-state index contributed by atoms with van der Waals surface area (Å²) in [6, 6.07) is 15.2. The summed E-state index contributed by atoms with van der Waals surface area (Å²) < 4.78 is 41.9. The highest BCUT2D eigenvalue weighted by Gasteiger charge is 2.28. The maximum atomic E-state index is 15.5. The van der Waals surface area contributed by atoms with Crippen LogP contribution in [-0.4, -0.2) is 18.2 Å². The summed E-state index contributed by atoms with van der Waals surface area (Å²) in [6.45, 7) is 6.47. The van der Waals surface area contributed by atoms with Crippen molar-refractivity contribution in [2.45, 2.75) is 78.2 Å². The van der Waals surface area contributed by atoms with Crippen LogP contribution in [0.2, 0.25) is 0 Å². The van der Waals surface area contributed by atoms with E-state index < -0.39 is 17.6 Å². The Morgan fingerprint density at radius 1 is 1.00 bits per heavy atom. The van der Waals surface area contributed by atoms with Gasteiger partial charge in [-0.1, -0.05) is 52.2 Å². The number of carboxylic acid groups (broad SMARTS) is 1. The van der Waals surface area contributed by atoms with E-state index in [1.807, 2.05) is 24.3 Å². The predicted molar refractivity (Wildman–Crippen MR) is 154 cm³/mol. The Kier molecular flexibility index (Phi) is 9.49. The fraction of sp³-hybridized carbons (Fsp3) is 0.441. The second kappa shape index (κ2) is 12.8. The minimum absolute atomic E-state index is 0.00356. The summed E-state index contributed by atoms with van der Waals surface area (Å²) in [5, 5.41) is 9.42. The van der Waals surface area contributed by atoms with Crippen molar-refractivity contribution >= 4 is 5.97 Å². The Hall–Kier alpha value is -3.41. The van der Waals surface area contributed by atoms with Gasteiger partial charge in [-0.2, -0.15) is 0 Å². The van der Waals surface area contributed by atoms with Gasteiger partial charge in [-0.05, 0) is 95.7 Å². The monoisotopic (exact) mass is 550 g/mol. The van der Waals surface area contributed by atoms with Crippen molar-refractivity contribution in [2.75, 3.05) is 7.11 Å². The van der Waals surface area contributed by atoms with E-state index in [1.165, 1.54) is 19.2 Å². The quantitative estimate of drug-likeness (QED) is 0.218. The number of rotatable bonds is 14. The highest BCUT2D eigenvalue weighted by atomic mass is 19.1. The topological polar surface area (TPSA) is 55.8 Å². The zero-order chi connectivity index (χ0) is 28.9. The van der Waals surface area contributed by atoms with Gasteiger partial charge in [0, 0.05) is 11.1 Å². The number of benzene rings is 3. The normalized spacial score (nSPS) is 14.2. The molecule has 6 heteroatoms. The molecule has 40 heavy (non-hydrogen) atoms. The number of hydrogen-bond acceptors (Lipinski definition) is 3. The third-order valence-corrected chi connectivity index (χ3v) is 7.79. The molecule has 1 saturated carbocycles. The Morgan fingerprint density at radius 3 is 2.45 bits per heavy atom. The van der Waals surface area contributed by atoms with Crippen LogP contribution in [0.3, 0.4) is 0 Å². The van der Waals surface area contributed by atoms with Gasteiger partial charge in [0.25, 0.3) is 0 Å². The summed E-state index contributed by atoms with van der Waals surface area (Å²) in [6.07, 6.45) is 5.86. The number of methoxy groups -OCH3 is 1. The third-order valence-electron chi connectivity index (χ3n) is 7.79. The van der Waals surface area contributed by atoms with Crippen molar-refractivity contribution in [1.29, 1.82) is 0 Å².